The minimum absolute atomic E-state index is 0.152. The number of nitrogens with two attached hydrogens (primary N) is 2. The standard InChI is InChI=1S/C17H17F2N5/c1-9-4-5-22-14-6-10(12-3-2-11(18)8-13(12)19)7-15(16(9)14)23-24-17(20)21/h2-5,8,10H,6-7H2,1H3,(H4,20,21,24). The summed E-state index contributed by atoms with van der Waals surface area (Å²) >= 11 is 0. The summed E-state index contributed by atoms with van der Waals surface area (Å²) in [6.45, 7) is 1.95. The maximum Gasteiger partial charge on any atom is 0.211 e. The summed E-state index contributed by atoms with van der Waals surface area (Å²) in [6.07, 6.45) is 2.69. The first kappa shape index (κ1) is 16.0. The van der Waals surface area contributed by atoms with E-state index in [-0.39, 0.29) is 11.9 Å². The summed E-state index contributed by atoms with van der Waals surface area (Å²) in [6, 6.07) is 5.49. The van der Waals surface area contributed by atoms with Crippen LogP contribution in [0.3, 0.4) is 0 Å². The van der Waals surface area contributed by atoms with Crippen molar-refractivity contribution in [1.82, 2.24) is 4.98 Å². The van der Waals surface area contributed by atoms with Crippen LogP contribution in [0, 0.1) is 18.6 Å². The smallest absolute Gasteiger partial charge is 0.211 e. The highest BCUT2D eigenvalue weighted by Crippen LogP contribution is 2.34. The predicted octanol–water partition coefficient (Wildman–Crippen LogP) is 2.38. The fraction of sp³-hybridized carbons (Fsp3) is 0.235. The molecule has 5 nitrogen and oxygen atoms in total. The summed E-state index contributed by atoms with van der Waals surface area (Å²) in [7, 11) is 0. The van der Waals surface area contributed by atoms with Crippen LogP contribution in [0.25, 0.3) is 0 Å². The molecule has 0 saturated heterocycles. The van der Waals surface area contributed by atoms with Crippen LogP contribution in [0.15, 0.2) is 40.7 Å². The van der Waals surface area contributed by atoms with Gasteiger partial charge in [-0.1, -0.05) is 6.07 Å². The molecule has 1 aromatic carbocycles. The third kappa shape index (κ3) is 3.10. The Morgan fingerprint density at radius 1 is 1.21 bits per heavy atom. The molecule has 1 heterocycles. The largest absolute Gasteiger partial charge is 0.369 e. The number of guanidine groups is 1. The predicted molar refractivity (Wildman–Crippen MR) is 88.7 cm³/mol. The lowest BCUT2D eigenvalue weighted by atomic mass is 9.80. The van der Waals surface area contributed by atoms with Gasteiger partial charge in [0.25, 0.3) is 0 Å². The molecule has 24 heavy (non-hydrogen) atoms. The van der Waals surface area contributed by atoms with Crippen LogP contribution >= 0.6 is 0 Å². The SMILES string of the molecule is Cc1ccnc2c1C(=NN=C(N)N)CC(c1ccc(F)cc1F)C2. The minimum atomic E-state index is -0.601. The number of halogens is 2. The van der Waals surface area contributed by atoms with Gasteiger partial charge < -0.3 is 11.5 Å². The van der Waals surface area contributed by atoms with Gasteiger partial charge in [0.2, 0.25) is 5.96 Å². The second-order valence-electron chi connectivity index (χ2n) is 5.79. The molecule has 3 rings (SSSR count). The first-order valence-corrected chi connectivity index (χ1v) is 7.51. The van der Waals surface area contributed by atoms with E-state index in [1.54, 1.807) is 6.20 Å². The summed E-state index contributed by atoms with van der Waals surface area (Å²) in [5.41, 5.74) is 14.5. The van der Waals surface area contributed by atoms with E-state index in [0.29, 0.717) is 24.1 Å². The van der Waals surface area contributed by atoms with Crippen molar-refractivity contribution in [2.75, 3.05) is 0 Å². The second kappa shape index (κ2) is 6.35. The number of rotatable bonds is 2. The van der Waals surface area contributed by atoms with Gasteiger partial charge >= 0.3 is 0 Å². The normalized spacial score (nSPS) is 18.3. The molecule has 1 atom stereocenters. The zero-order valence-electron chi connectivity index (χ0n) is 13.1. The van der Waals surface area contributed by atoms with Crippen molar-refractivity contribution in [3.05, 3.63) is 64.5 Å². The van der Waals surface area contributed by atoms with Crippen molar-refractivity contribution in [3.8, 4) is 0 Å². The number of aryl methyl sites for hydroxylation is 1. The zero-order chi connectivity index (χ0) is 17.3. The number of nitrogens with zero attached hydrogens (tertiary/aromatic N) is 3. The van der Waals surface area contributed by atoms with Gasteiger partial charge in [-0.2, -0.15) is 5.10 Å². The van der Waals surface area contributed by atoms with E-state index in [9.17, 15) is 8.78 Å². The molecular formula is C17H17F2N5. The van der Waals surface area contributed by atoms with Gasteiger partial charge in [0.1, 0.15) is 11.6 Å². The number of hydrogen-bond donors (Lipinski definition) is 2. The summed E-state index contributed by atoms with van der Waals surface area (Å²) in [5.74, 6) is -1.53. The first-order valence-electron chi connectivity index (χ1n) is 7.51. The molecule has 0 aliphatic heterocycles. The van der Waals surface area contributed by atoms with Crippen molar-refractivity contribution in [1.29, 1.82) is 0 Å². The van der Waals surface area contributed by atoms with Crippen LogP contribution in [0.5, 0.6) is 0 Å². The quantitative estimate of drug-likeness (QED) is 0.503. The Hall–Kier alpha value is -2.83. The highest BCUT2D eigenvalue weighted by Gasteiger charge is 2.29. The van der Waals surface area contributed by atoms with Gasteiger partial charge in [0.15, 0.2) is 0 Å². The number of pyridine rings is 1. The van der Waals surface area contributed by atoms with Crippen LogP contribution in [-0.4, -0.2) is 16.7 Å². The summed E-state index contributed by atoms with van der Waals surface area (Å²) in [4.78, 5) is 4.39. The molecule has 124 valence electrons. The fourth-order valence-corrected chi connectivity index (χ4v) is 3.07. The Balaban J connectivity index is 2.08. The molecule has 1 aromatic heterocycles. The van der Waals surface area contributed by atoms with Gasteiger partial charge in [-0.05, 0) is 48.9 Å². The molecule has 0 saturated carbocycles. The lowest BCUT2D eigenvalue weighted by Crippen LogP contribution is -2.24. The third-order valence-corrected chi connectivity index (χ3v) is 4.09. The van der Waals surface area contributed by atoms with Crippen LogP contribution < -0.4 is 11.5 Å². The Labute approximate surface area is 138 Å². The number of aromatic nitrogens is 1. The van der Waals surface area contributed by atoms with Crippen molar-refractivity contribution < 1.29 is 8.78 Å². The van der Waals surface area contributed by atoms with E-state index in [4.69, 9.17) is 11.5 Å². The Kier molecular flexibility index (Phi) is 4.24. The summed E-state index contributed by atoms with van der Waals surface area (Å²) < 4.78 is 27.3. The van der Waals surface area contributed by atoms with Gasteiger partial charge in [0.05, 0.1) is 11.4 Å². The Morgan fingerprint density at radius 3 is 2.71 bits per heavy atom. The fourth-order valence-electron chi connectivity index (χ4n) is 3.07. The van der Waals surface area contributed by atoms with E-state index in [0.717, 1.165) is 22.9 Å². The highest BCUT2D eigenvalue weighted by molar-refractivity contribution is 6.04. The van der Waals surface area contributed by atoms with Gasteiger partial charge in [0, 0.05) is 17.8 Å². The average molecular weight is 329 g/mol. The maximum atomic E-state index is 14.2. The Morgan fingerprint density at radius 2 is 2.00 bits per heavy atom. The molecule has 4 N–H and O–H groups in total. The molecule has 1 aliphatic carbocycles. The Bertz CT molecular complexity index is 841. The van der Waals surface area contributed by atoms with Gasteiger partial charge in [-0.25, -0.2) is 8.78 Å². The van der Waals surface area contributed by atoms with Crippen LogP contribution in [0.2, 0.25) is 0 Å². The summed E-state index contributed by atoms with van der Waals surface area (Å²) in [5, 5.41) is 7.86. The molecule has 0 fully saturated rings. The zero-order valence-corrected chi connectivity index (χ0v) is 13.1. The molecule has 7 heteroatoms. The molecule has 0 radical (unpaired) electrons. The molecule has 1 unspecified atom stereocenters. The van der Waals surface area contributed by atoms with Crippen LogP contribution in [0.4, 0.5) is 8.78 Å². The van der Waals surface area contributed by atoms with Gasteiger partial charge in [-0.15, -0.1) is 5.10 Å². The molecule has 2 aromatic rings. The molecule has 0 amide bonds. The van der Waals surface area contributed by atoms with E-state index in [1.165, 1.54) is 12.1 Å². The van der Waals surface area contributed by atoms with Crippen LogP contribution in [-0.2, 0) is 6.42 Å². The number of fused-ring (bicyclic) bond motifs is 1. The molecule has 0 spiro atoms. The number of hydrogen-bond acceptors (Lipinski definition) is 3. The number of benzene rings is 1. The minimum Gasteiger partial charge on any atom is -0.369 e. The highest BCUT2D eigenvalue weighted by atomic mass is 19.1. The van der Waals surface area contributed by atoms with Crippen molar-refractivity contribution >= 4 is 11.7 Å². The van der Waals surface area contributed by atoms with E-state index in [2.05, 4.69) is 15.2 Å². The first-order chi connectivity index (χ1) is 11.5. The van der Waals surface area contributed by atoms with E-state index >= 15 is 0 Å². The average Bonchev–Trinajstić information content (AvgIpc) is 2.52. The monoisotopic (exact) mass is 329 g/mol. The lowest BCUT2D eigenvalue weighted by molar-refractivity contribution is 0.549. The van der Waals surface area contributed by atoms with Crippen molar-refractivity contribution in [2.24, 2.45) is 21.7 Å². The molecule has 0 bridgehead atoms. The van der Waals surface area contributed by atoms with Crippen molar-refractivity contribution in [2.45, 2.75) is 25.7 Å². The van der Waals surface area contributed by atoms with Crippen LogP contribution in [0.1, 0.15) is 34.7 Å². The molecule has 1 aliphatic rings. The van der Waals surface area contributed by atoms with Gasteiger partial charge in [-0.3, -0.25) is 4.98 Å². The maximum absolute atomic E-state index is 14.2. The third-order valence-electron chi connectivity index (χ3n) is 4.09. The van der Waals surface area contributed by atoms with E-state index in [1.807, 2.05) is 13.0 Å². The topological polar surface area (TPSA) is 89.6 Å². The second-order valence-corrected chi connectivity index (χ2v) is 5.79. The van der Waals surface area contributed by atoms with E-state index < -0.39 is 11.6 Å². The van der Waals surface area contributed by atoms with Crippen molar-refractivity contribution in [3.63, 3.8) is 0 Å². The lowest BCUT2D eigenvalue weighted by Gasteiger charge is -2.26. The molecular weight excluding hydrogens is 312 g/mol.